The van der Waals surface area contributed by atoms with Gasteiger partial charge in [0.25, 0.3) is 5.91 Å². The molecule has 0 radical (unpaired) electrons. The van der Waals surface area contributed by atoms with E-state index in [0.717, 1.165) is 33.9 Å². The van der Waals surface area contributed by atoms with Gasteiger partial charge in [0.1, 0.15) is 21.6 Å². The van der Waals surface area contributed by atoms with Crippen LogP contribution >= 0.6 is 11.3 Å². The molecule has 176 valence electrons. The van der Waals surface area contributed by atoms with E-state index >= 15 is 0 Å². The van der Waals surface area contributed by atoms with Crippen LogP contribution in [0.25, 0.3) is 0 Å². The van der Waals surface area contributed by atoms with Crippen molar-refractivity contribution in [2.45, 2.75) is 24.8 Å². The van der Waals surface area contributed by atoms with Crippen LogP contribution in [0.2, 0.25) is 0 Å². The van der Waals surface area contributed by atoms with Crippen molar-refractivity contribution in [3.8, 4) is 0 Å². The van der Waals surface area contributed by atoms with Gasteiger partial charge in [0, 0.05) is 0 Å². The third kappa shape index (κ3) is 3.86. The molecule has 1 N–H and O–H groups in total. The Morgan fingerprint density at radius 1 is 1.12 bits per heavy atom. The molecule has 2 heterocycles. The van der Waals surface area contributed by atoms with E-state index in [9.17, 15) is 27.5 Å². The second kappa shape index (κ2) is 8.65. The van der Waals surface area contributed by atoms with Crippen LogP contribution in [0.4, 0.5) is 9.52 Å². The summed E-state index contributed by atoms with van der Waals surface area (Å²) < 4.78 is 45.6. The fraction of sp³-hybridized carbons (Fsp3) is 0.174. The number of anilines is 1. The maximum absolute atomic E-state index is 13.6. The van der Waals surface area contributed by atoms with E-state index in [1.165, 1.54) is 38.3 Å². The maximum Gasteiger partial charge on any atom is 0.350 e. The standard InChI is InChI=1S/C23H19FN2O6S2/c1-12-4-10-16(11-5-12)34(30,31)20-17(14-6-8-15(24)9-7-14)26(21(28)18(20)27)23-25-13(2)19(33-23)22(29)32-3/h4-11,17,27H,1-3H3/t17-/m1/s1. The summed E-state index contributed by atoms with van der Waals surface area (Å²) in [6.07, 6.45) is 0. The third-order valence-electron chi connectivity index (χ3n) is 5.33. The van der Waals surface area contributed by atoms with Crippen molar-refractivity contribution in [3.05, 3.63) is 86.7 Å². The van der Waals surface area contributed by atoms with Crippen LogP contribution in [0.5, 0.6) is 0 Å². The van der Waals surface area contributed by atoms with Crippen molar-refractivity contribution in [3.63, 3.8) is 0 Å². The lowest BCUT2D eigenvalue weighted by Gasteiger charge is -2.24. The Morgan fingerprint density at radius 2 is 1.74 bits per heavy atom. The van der Waals surface area contributed by atoms with Gasteiger partial charge >= 0.3 is 5.97 Å². The number of hydrogen-bond donors (Lipinski definition) is 1. The zero-order valence-electron chi connectivity index (χ0n) is 18.3. The number of aliphatic hydroxyl groups excluding tert-OH is 1. The van der Waals surface area contributed by atoms with E-state index in [2.05, 4.69) is 4.98 Å². The van der Waals surface area contributed by atoms with Gasteiger partial charge < -0.3 is 9.84 Å². The summed E-state index contributed by atoms with van der Waals surface area (Å²) in [6, 6.07) is 9.50. The lowest BCUT2D eigenvalue weighted by atomic mass is 10.1. The predicted octanol–water partition coefficient (Wildman–Crippen LogP) is 4.02. The van der Waals surface area contributed by atoms with Crippen molar-refractivity contribution in [2.24, 2.45) is 0 Å². The molecule has 34 heavy (non-hydrogen) atoms. The normalized spacial score (nSPS) is 16.3. The third-order valence-corrected chi connectivity index (χ3v) is 8.36. The Labute approximate surface area is 198 Å². The number of methoxy groups -OCH3 is 1. The summed E-state index contributed by atoms with van der Waals surface area (Å²) in [5.74, 6) is -3.21. The first kappa shape index (κ1) is 23.6. The second-order valence-electron chi connectivity index (χ2n) is 7.56. The van der Waals surface area contributed by atoms with Gasteiger partial charge in [-0.2, -0.15) is 0 Å². The van der Waals surface area contributed by atoms with Crippen LogP contribution in [0.1, 0.15) is 32.5 Å². The minimum Gasteiger partial charge on any atom is -0.502 e. The minimum atomic E-state index is -4.35. The van der Waals surface area contributed by atoms with Gasteiger partial charge in [-0.05, 0) is 43.7 Å². The van der Waals surface area contributed by atoms with Crippen LogP contribution in [0.3, 0.4) is 0 Å². The SMILES string of the molecule is COC(=O)c1sc(N2C(=O)C(O)=C(S(=O)(=O)c3ccc(C)cc3)[C@H]2c2ccc(F)cc2)nc1C. The summed E-state index contributed by atoms with van der Waals surface area (Å²) in [4.78, 5) is 30.0. The van der Waals surface area contributed by atoms with Gasteiger partial charge in [0.05, 0.1) is 17.7 Å². The van der Waals surface area contributed by atoms with E-state index in [-0.39, 0.29) is 26.2 Å². The molecule has 0 unspecified atom stereocenters. The highest BCUT2D eigenvalue weighted by atomic mass is 32.2. The maximum atomic E-state index is 13.6. The molecule has 1 amide bonds. The smallest absolute Gasteiger partial charge is 0.350 e. The van der Waals surface area contributed by atoms with Crippen LogP contribution in [-0.2, 0) is 19.4 Å². The van der Waals surface area contributed by atoms with Gasteiger partial charge in [-0.1, -0.05) is 41.2 Å². The van der Waals surface area contributed by atoms with Gasteiger partial charge in [0.2, 0.25) is 9.84 Å². The van der Waals surface area contributed by atoms with Crippen LogP contribution in [0.15, 0.2) is 64.1 Å². The number of thiazole rings is 1. The molecule has 1 aliphatic rings. The Bertz CT molecular complexity index is 1430. The lowest BCUT2D eigenvalue weighted by Crippen LogP contribution is -2.31. The van der Waals surface area contributed by atoms with Crippen molar-refractivity contribution < 1.29 is 32.2 Å². The molecule has 0 bridgehead atoms. The average Bonchev–Trinajstić information content (AvgIpc) is 3.31. The molecular weight excluding hydrogens is 483 g/mol. The molecule has 2 aromatic carbocycles. The number of hydrogen-bond acceptors (Lipinski definition) is 8. The minimum absolute atomic E-state index is 0.0159. The van der Waals surface area contributed by atoms with Crippen molar-refractivity contribution >= 4 is 38.2 Å². The molecule has 1 aromatic heterocycles. The average molecular weight is 503 g/mol. The number of sulfone groups is 1. The molecule has 1 atom stereocenters. The number of rotatable bonds is 5. The predicted molar refractivity (Wildman–Crippen MR) is 123 cm³/mol. The number of benzene rings is 2. The molecule has 4 rings (SSSR count). The Kier molecular flexibility index (Phi) is 6.00. The molecule has 1 aliphatic heterocycles. The van der Waals surface area contributed by atoms with Crippen molar-refractivity contribution in [2.75, 3.05) is 12.0 Å². The first-order chi connectivity index (χ1) is 16.1. The monoisotopic (exact) mass is 502 g/mol. The fourth-order valence-corrected chi connectivity index (χ4v) is 6.25. The Balaban J connectivity index is 1.93. The largest absolute Gasteiger partial charge is 0.502 e. The number of aromatic nitrogens is 1. The highest BCUT2D eigenvalue weighted by Crippen LogP contribution is 2.46. The summed E-state index contributed by atoms with van der Waals surface area (Å²) in [6.45, 7) is 3.33. The number of carbonyl (C=O) groups excluding carboxylic acids is 2. The summed E-state index contributed by atoms with van der Waals surface area (Å²) >= 11 is 0.820. The first-order valence-corrected chi connectivity index (χ1v) is 12.3. The number of halogens is 1. The van der Waals surface area contributed by atoms with Crippen molar-refractivity contribution in [1.29, 1.82) is 0 Å². The zero-order chi connectivity index (χ0) is 24.8. The van der Waals surface area contributed by atoms with Crippen LogP contribution in [0, 0.1) is 19.7 Å². The van der Waals surface area contributed by atoms with Crippen molar-refractivity contribution in [1.82, 2.24) is 4.98 Å². The molecule has 0 fully saturated rings. The number of amides is 1. The Hall–Kier alpha value is -3.57. The number of aryl methyl sites for hydroxylation is 2. The molecule has 3 aromatic rings. The number of nitrogens with zero attached hydrogens (tertiary/aromatic N) is 2. The molecular formula is C23H19FN2O6S2. The summed E-state index contributed by atoms with van der Waals surface area (Å²) in [5.41, 5.74) is 1.33. The van der Waals surface area contributed by atoms with E-state index in [1.54, 1.807) is 19.1 Å². The zero-order valence-corrected chi connectivity index (χ0v) is 19.9. The lowest BCUT2D eigenvalue weighted by molar-refractivity contribution is -0.117. The fourth-order valence-electron chi connectivity index (χ4n) is 3.61. The van der Waals surface area contributed by atoms with E-state index in [0.29, 0.717) is 0 Å². The van der Waals surface area contributed by atoms with E-state index in [1.807, 2.05) is 0 Å². The summed E-state index contributed by atoms with van der Waals surface area (Å²) in [5, 5.41) is 10.8. The quantitative estimate of drug-likeness (QED) is 0.524. The van der Waals surface area contributed by atoms with Gasteiger partial charge in [-0.3, -0.25) is 9.69 Å². The topological polar surface area (TPSA) is 114 Å². The van der Waals surface area contributed by atoms with E-state index < -0.39 is 44.2 Å². The highest BCUT2D eigenvalue weighted by molar-refractivity contribution is 7.95. The number of aliphatic hydroxyl groups is 1. The summed E-state index contributed by atoms with van der Waals surface area (Å²) in [7, 11) is -3.15. The van der Waals surface area contributed by atoms with Crippen LogP contribution < -0.4 is 4.90 Å². The molecule has 0 spiro atoms. The first-order valence-electron chi connectivity index (χ1n) is 9.96. The second-order valence-corrected chi connectivity index (χ2v) is 10.5. The highest BCUT2D eigenvalue weighted by Gasteiger charge is 2.49. The van der Waals surface area contributed by atoms with Crippen LogP contribution in [-0.4, -0.2) is 37.5 Å². The van der Waals surface area contributed by atoms with Gasteiger partial charge in [0.15, 0.2) is 10.9 Å². The molecule has 11 heteroatoms. The number of esters is 1. The molecule has 8 nitrogen and oxygen atoms in total. The number of carbonyl (C=O) groups is 2. The van der Waals surface area contributed by atoms with E-state index in [4.69, 9.17) is 4.74 Å². The number of ether oxygens (including phenoxy) is 1. The Morgan fingerprint density at radius 3 is 2.32 bits per heavy atom. The molecule has 0 saturated heterocycles. The molecule has 0 saturated carbocycles. The molecule has 0 aliphatic carbocycles. The van der Waals surface area contributed by atoms with Gasteiger partial charge in [-0.25, -0.2) is 22.6 Å². The van der Waals surface area contributed by atoms with Gasteiger partial charge in [-0.15, -0.1) is 0 Å².